The zero-order valence-corrected chi connectivity index (χ0v) is 15.5. The molecule has 2 aromatic rings. The van der Waals surface area contributed by atoms with E-state index in [9.17, 15) is 4.79 Å². The molecular weight excluding hydrogens is 324 g/mol. The minimum atomic E-state index is -0.121. The third-order valence-electron chi connectivity index (χ3n) is 4.58. The second-order valence-corrected chi connectivity index (χ2v) is 6.76. The highest BCUT2D eigenvalue weighted by Crippen LogP contribution is 2.16. The number of anilines is 1. The lowest BCUT2D eigenvalue weighted by molar-refractivity contribution is -0.116. The molecule has 0 aliphatic carbocycles. The number of hydrogen-bond acceptors (Lipinski definition) is 4. The maximum absolute atomic E-state index is 12.1. The summed E-state index contributed by atoms with van der Waals surface area (Å²) in [6.07, 6.45) is 7.07. The van der Waals surface area contributed by atoms with Crippen LogP contribution in [0.5, 0.6) is 0 Å². The molecule has 26 heavy (non-hydrogen) atoms. The zero-order chi connectivity index (χ0) is 18.4. The molecule has 3 rings (SSSR count). The number of nitrogens with one attached hydrogen (secondary N) is 1. The van der Waals surface area contributed by atoms with Crippen molar-refractivity contribution in [3.05, 3.63) is 58.9 Å². The van der Waals surface area contributed by atoms with Crippen LogP contribution in [0.3, 0.4) is 0 Å². The normalized spacial score (nSPS) is 14.6. The lowest BCUT2D eigenvalue weighted by atomic mass is 10.1. The summed E-state index contributed by atoms with van der Waals surface area (Å²) >= 11 is 0. The van der Waals surface area contributed by atoms with Crippen LogP contribution in [0.2, 0.25) is 0 Å². The topological polar surface area (TPSA) is 58.1 Å². The molecule has 1 aromatic heterocycles. The van der Waals surface area contributed by atoms with Crippen LogP contribution in [0.4, 0.5) is 5.95 Å². The molecule has 1 aliphatic rings. The number of hydrogen-bond donors (Lipinski definition) is 1. The summed E-state index contributed by atoms with van der Waals surface area (Å²) in [7, 11) is 0. The van der Waals surface area contributed by atoms with Crippen molar-refractivity contribution in [1.29, 1.82) is 0 Å². The van der Waals surface area contributed by atoms with Gasteiger partial charge in [0.05, 0.1) is 12.2 Å². The molecule has 0 saturated carbocycles. The molecule has 1 saturated heterocycles. The molecule has 0 spiro atoms. The highest BCUT2D eigenvalue weighted by atomic mass is 16.1. The lowest BCUT2D eigenvalue weighted by Crippen LogP contribution is -2.31. The second kappa shape index (κ2) is 8.61. The van der Waals surface area contributed by atoms with E-state index in [2.05, 4.69) is 20.2 Å². The van der Waals surface area contributed by atoms with Gasteiger partial charge in [0.15, 0.2) is 0 Å². The van der Waals surface area contributed by atoms with Gasteiger partial charge in [-0.15, -0.1) is 0 Å². The number of nitrogens with zero attached hydrogens (tertiary/aromatic N) is 3. The van der Waals surface area contributed by atoms with Crippen molar-refractivity contribution in [2.75, 3.05) is 18.0 Å². The highest BCUT2D eigenvalue weighted by Gasteiger charge is 2.14. The van der Waals surface area contributed by atoms with Gasteiger partial charge < -0.3 is 10.2 Å². The van der Waals surface area contributed by atoms with Crippen molar-refractivity contribution in [3.8, 4) is 0 Å². The largest absolute Gasteiger partial charge is 0.347 e. The molecule has 0 bridgehead atoms. The van der Waals surface area contributed by atoms with E-state index in [-0.39, 0.29) is 5.91 Å². The number of aryl methyl sites for hydroxylation is 2. The number of piperidine rings is 1. The molecule has 1 amide bonds. The minimum absolute atomic E-state index is 0.121. The van der Waals surface area contributed by atoms with E-state index in [1.807, 2.05) is 50.3 Å². The molecule has 0 unspecified atom stereocenters. The van der Waals surface area contributed by atoms with E-state index in [0.717, 1.165) is 41.6 Å². The quantitative estimate of drug-likeness (QED) is 0.840. The van der Waals surface area contributed by atoms with Gasteiger partial charge in [-0.05, 0) is 56.4 Å². The summed E-state index contributed by atoms with van der Waals surface area (Å²) in [5, 5.41) is 2.91. The van der Waals surface area contributed by atoms with Crippen molar-refractivity contribution < 1.29 is 4.79 Å². The highest BCUT2D eigenvalue weighted by molar-refractivity contribution is 5.91. The molecule has 1 fully saturated rings. The van der Waals surface area contributed by atoms with Gasteiger partial charge >= 0.3 is 0 Å². The van der Waals surface area contributed by atoms with Gasteiger partial charge in [0.2, 0.25) is 11.9 Å². The number of carbonyl (C=O) groups excluding carboxylic acids is 1. The van der Waals surface area contributed by atoms with Gasteiger partial charge in [-0.2, -0.15) is 0 Å². The van der Waals surface area contributed by atoms with E-state index < -0.39 is 0 Å². The number of amides is 1. The van der Waals surface area contributed by atoms with Crippen molar-refractivity contribution >= 4 is 17.9 Å². The zero-order valence-electron chi connectivity index (χ0n) is 15.5. The fourth-order valence-corrected chi connectivity index (χ4v) is 3.12. The van der Waals surface area contributed by atoms with Gasteiger partial charge in [-0.3, -0.25) is 4.79 Å². The second-order valence-electron chi connectivity index (χ2n) is 6.76. The minimum Gasteiger partial charge on any atom is -0.347 e. The number of carbonyl (C=O) groups is 1. The summed E-state index contributed by atoms with van der Waals surface area (Å²) in [4.78, 5) is 23.6. The Labute approximate surface area is 155 Å². The maximum atomic E-state index is 12.1. The predicted molar refractivity (Wildman–Crippen MR) is 105 cm³/mol. The number of rotatable bonds is 5. The first kappa shape index (κ1) is 18.1. The molecule has 0 atom stereocenters. The first-order valence-electron chi connectivity index (χ1n) is 9.23. The Hall–Kier alpha value is -2.69. The Morgan fingerprint density at radius 2 is 1.92 bits per heavy atom. The lowest BCUT2D eigenvalue weighted by Gasteiger charge is -2.27. The van der Waals surface area contributed by atoms with Gasteiger partial charge in [-0.1, -0.05) is 24.3 Å². The average Bonchev–Trinajstić information content (AvgIpc) is 2.66. The summed E-state index contributed by atoms with van der Waals surface area (Å²) < 4.78 is 0. The van der Waals surface area contributed by atoms with Crippen LogP contribution >= 0.6 is 0 Å². The Kier molecular flexibility index (Phi) is 6.00. The molecule has 2 heterocycles. The van der Waals surface area contributed by atoms with E-state index in [1.165, 1.54) is 19.3 Å². The van der Waals surface area contributed by atoms with E-state index in [1.54, 1.807) is 6.08 Å². The van der Waals surface area contributed by atoms with Crippen LogP contribution in [0.15, 0.2) is 36.4 Å². The van der Waals surface area contributed by atoms with Crippen LogP contribution in [-0.2, 0) is 11.3 Å². The van der Waals surface area contributed by atoms with Crippen molar-refractivity contribution in [2.24, 2.45) is 0 Å². The summed E-state index contributed by atoms with van der Waals surface area (Å²) in [6.45, 7) is 6.42. The number of benzene rings is 1. The fraction of sp³-hybridized carbons (Fsp3) is 0.381. The molecule has 5 heteroatoms. The molecule has 1 aromatic carbocycles. The van der Waals surface area contributed by atoms with Crippen LogP contribution in [0.1, 0.15) is 41.8 Å². The van der Waals surface area contributed by atoms with E-state index in [4.69, 9.17) is 0 Å². The predicted octanol–water partition coefficient (Wildman–Crippen LogP) is 3.41. The Morgan fingerprint density at radius 1 is 1.15 bits per heavy atom. The van der Waals surface area contributed by atoms with Crippen LogP contribution in [0.25, 0.3) is 6.08 Å². The summed E-state index contributed by atoms with van der Waals surface area (Å²) in [5.74, 6) is 0.661. The number of aromatic nitrogens is 2. The van der Waals surface area contributed by atoms with Crippen LogP contribution < -0.4 is 10.2 Å². The van der Waals surface area contributed by atoms with Crippen LogP contribution in [0, 0.1) is 13.8 Å². The molecule has 136 valence electrons. The Morgan fingerprint density at radius 3 is 2.69 bits per heavy atom. The van der Waals surface area contributed by atoms with Gasteiger partial charge in [0.25, 0.3) is 0 Å². The third kappa shape index (κ3) is 4.91. The van der Waals surface area contributed by atoms with Crippen molar-refractivity contribution in [3.63, 3.8) is 0 Å². The van der Waals surface area contributed by atoms with Crippen LogP contribution in [-0.4, -0.2) is 29.0 Å². The van der Waals surface area contributed by atoms with Gasteiger partial charge in [0.1, 0.15) is 0 Å². The van der Waals surface area contributed by atoms with E-state index in [0.29, 0.717) is 6.54 Å². The molecular formula is C21H26N4O. The molecule has 1 N–H and O–H groups in total. The smallest absolute Gasteiger partial charge is 0.244 e. The standard InChI is InChI=1S/C21H26N4O/c1-16-8-4-5-9-18(16)10-11-20(26)22-15-19-14-17(2)23-21(24-19)25-12-6-3-7-13-25/h4-5,8-11,14H,3,6-7,12-13,15H2,1-2H3,(H,22,26)/b11-10+. The molecule has 0 radical (unpaired) electrons. The maximum Gasteiger partial charge on any atom is 0.244 e. The van der Waals surface area contributed by atoms with Crippen molar-refractivity contribution in [1.82, 2.24) is 15.3 Å². The fourth-order valence-electron chi connectivity index (χ4n) is 3.12. The molecule has 1 aliphatic heterocycles. The van der Waals surface area contributed by atoms with Gasteiger partial charge in [0, 0.05) is 24.9 Å². The first-order valence-corrected chi connectivity index (χ1v) is 9.23. The average molecular weight is 350 g/mol. The van der Waals surface area contributed by atoms with Crippen molar-refractivity contribution in [2.45, 2.75) is 39.7 Å². The third-order valence-corrected chi connectivity index (χ3v) is 4.58. The SMILES string of the molecule is Cc1cc(CNC(=O)/C=C/c2ccccc2C)nc(N2CCCCC2)n1. The summed E-state index contributed by atoms with van der Waals surface area (Å²) in [6, 6.07) is 9.92. The van der Waals surface area contributed by atoms with E-state index >= 15 is 0 Å². The Bertz CT molecular complexity index is 794. The monoisotopic (exact) mass is 350 g/mol. The summed E-state index contributed by atoms with van der Waals surface area (Å²) in [5.41, 5.74) is 3.97. The Balaban J connectivity index is 1.61. The molecule has 5 nitrogen and oxygen atoms in total. The van der Waals surface area contributed by atoms with Gasteiger partial charge in [-0.25, -0.2) is 9.97 Å². The first-order chi connectivity index (χ1) is 12.6.